The minimum absolute atomic E-state index is 0.0116. The number of nitrogens with zero attached hydrogens (tertiary/aromatic N) is 2. The van der Waals surface area contributed by atoms with Gasteiger partial charge in [0.25, 0.3) is 0 Å². The Morgan fingerprint density at radius 1 is 1.17 bits per heavy atom. The van der Waals surface area contributed by atoms with Crippen molar-refractivity contribution < 1.29 is 14.3 Å². The number of benzene rings is 1. The quantitative estimate of drug-likeness (QED) is 0.917. The van der Waals surface area contributed by atoms with Crippen molar-refractivity contribution >= 4 is 17.7 Å². The highest BCUT2D eigenvalue weighted by Crippen LogP contribution is 2.23. The molecule has 0 saturated carbocycles. The lowest BCUT2D eigenvalue weighted by atomic mass is 10.1. The van der Waals surface area contributed by atoms with Gasteiger partial charge in [-0.1, -0.05) is 12.1 Å². The number of hydrogen-bond acceptors (Lipinski definition) is 4. The van der Waals surface area contributed by atoms with Crippen LogP contribution >= 0.6 is 0 Å². The minimum Gasteiger partial charge on any atom is -0.450 e. The average Bonchev–Trinajstić information content (AvgIpc) is 2.56. The summed E-state index contributed by atoms with van der Waals surface area (Å²) in [6.07, 6.45) is -0.546. The van der Waals surface area contributed by atoms with Crippen LogP contribution in [0.3, 0.4) is 0 Å². The summed E-state index contributed by atoms with van der Waals surface area (Å²) in [5, 5.41) is 2.47. The number of ether oxygens (including phenoxy) is 1. The van der Waals surface area contributed by atoms with E-state index in [1.54, 1.807) is 11.8 Å². The zero-order valence-corrected chi connectivity index (χ0v) is 14.1. The van der Waals surface area contributed by atoms with E-state index in [0.29, 0.717) is 19.7 Å². The highest BCUT2D eigenvalue weighted by molar-refractivity contribution is 5.82. The number of carbonyl (C=O) groups excluding carboxylic acids is 2. The lowest BCUT2D eigenvalue weighted by Gasteiger charge is -2.37. The molecule has 6 nitrogen and oxygen atoms in total. The summed E-state index contributed by atoms with van der Waals surface area (Å²) in [5.41, 5.74) is 3.80. The smallest absolute Gasteiger partial charge is 0.407 e. The van der Waals surface area contributed by atoms with Crippen molar-refractivity contribution in [3.8, 4) is 0 Å². The first-order valence-electron chi connectivity index (χ1n) is 8.02. The maximum atomic E-state index is 12.1. The van der Waals surface area contributed by atoms with Crippen molar-refractivity contribution in [1.82, 2.24) is 10.2 Å². The largest absolute Gasteiger partial charge is 0.450 e. The van der Waals surface area contributed by atoms with Gasteiger partial charge in [0.2, 0.25) is 5.91 Å². The number of rotatable bonds is 4. The lowest BCUT2D eigenvalue weighted by Crippen LogP contribution is -2.51. The third-order valence-corrected chi connectivity index (χ3v) is 4.21. The first-order valence-corrected chi connectivity index (χ1v) is 8.02. The molecule has 0 bridgehead atoms. The molecule has 0 unspecified atom stereocenters. The monoisotopic (exact) mass is 319 g/mol. The fourth-order valence-electron chi connectivity index (χ4n) is 2.72. The number of piperazine rings is 1. The van der Waals surface area contributed by atoms with Gasteiger partial charge in [0.05, 0.1) is 6.61 Å². The molecule has 1 aromatic rings. The standard InChI is InChI=1S/C17H25N3O3/c1-4-23-17(22)18-12-16(21)20-10-8-19(9-11-20)15-7-5-6-13(2)14(15)3/h5-7H,4,8-12H2,1-3H3,(H,18,22). The normalized spacial score (nSPS) is 14.6. The van der Waals surface area contributed by atoms with Gasteiger partial charge in [-0.15, -0.1) is 0 Å². The van der Waals surface area contributed by atoms with Gasteiger partial charge in [-0.25, -0.2) is 4.79 Å². The molecule has 1 aromatic carbocycles. The molecule has 1 fully saturated rings. The molecule has 0 spiro atoms. The van der Waals surface area contributed by atoms with Gasteiger partial charge in [0.15, 0.2) is 0 Å². The van der Waals surface area contributed by atoms with Crippen LogP contribution in [-0.4, -0.2) is 56.2 Å². The molecule has 6 heteroatoms. The number of alkyl carbamates (subject to hydrolysis) is 1. The van der Waals surface area contributed by atoms with E-state index in [0.717, 1.165) is 13.1 Å². The summed E-state index contributed by atoms with van der Waals surface area (Å²) in [7, 11) is 0. The van der Waals surface area contributed by atoms with Crippen LogP contribution in [0.5, 0.6) is 0 Å². The Bertz CT molecular complexity index is 566. The van der Waals surface area contributed by atoms with Crippen LogP contribution in [0.4, 0.5) is 10.5 Å². The molecule has 1 N–H and O–H groups in total. The molecule has 126 valence electrons. The van der Waals surface area contributed by atoms with E-state index in [2.05, 4.69) is 42.3 Å². The Hall–Kier alpha value is -2.24. The molecule has 0 atom stereocenters. The summed E-state index contributed by atoms with van der Waals surface area (Å²) in [4.78, 5) is 27.4. The maximum Gasteiger partial charge on any atom is 0.407 e. The first kappa shape index (κ1) is 17.1. The number of amides is 2. The van der Waals surface area contributed by atoms with Crippen LogP contribution in [0.15, 0.2) is 18.2 Å². The van der Waals surface area contributed by atoms with Gasteiger partial charge in [-0.2, -0.15) is 0 Å². The summed E-state index contributed by atoms with van der Waals surface area (Å²) in [5.74, 6) is -0.0707. The molecule has 0 aliphatic carbocycles. The van der Waals surface area contributed by atoms with E-state index in [-0.39, 0.29) is 12.5 Å². The third-order valence-electron chi connectivity index (χ3n) is 4.21. The first-order chi connectivity index (χ1) is 11.0. The second kappa shape index (κ2) is 7.85. The van der Waals surface area contributed by atoms with Crippen molar-refractivity contribution in [2.24, 2.45) is 0 Å². The second-order valence-corrected chi connectivity index (χ2v) is 5.66. The second-order valence-electron chi connectivity index (χ2n) is 5.66. The van der Waals surface area contributed by atoms with Gasteiger partial charge in [0, 0.05) is 31.9 Å². The Morgan fingerprint density at radius 2 is 1.87 bits per heavy atom. The van der Waals surface area contributed by atoms with Crippen LogP contribution < -0.4 is 10.2 Å². The van der Waals surface area contributed by atoms with E-state index in [1.165, 1.54) is 16.8 Å². The van der Waals surface area contributed by atoms with Crippen LogP contribution in [0, 0.1) is 13.8 Å². The van der Waals surface area contributed by atoms with Gasteiger partial charge in [-0.05, 0) is 38.0 Å². The molecular formula is C17H25N3O3. The Morgan fingerprint density at radius 3 is 2.52 bits per heavy atom. The van der Waals surface area contributed by atoms with Gasteiger partial charge >= 0.3 is 6.09 Å². The number of hydrogen-bond donors (Lipinski definition) is 1. The fraction of sp³-hybridized carbons (Fsp3) is 0.529. The predicted octanol–water partition coefficient (Wildman–Crippen LogP) is 1.70. The van der Waals surface area contributed by atoms with Gasteiger partial charge < -0.3 is 19.9 Å². The number of carbonyl (C=O) groups is 2. The Balaban J connectivity index is 1.85. The van der Waals surface area contributed by atoms with Crippen molar-refractivity contribution in [2.75, 3.05) is 44.2 Å². The van der Waals surface area contributed by atoms with Crippen molar-refractivity contribution in [3.05, 3.63) is 29.3 Å². The summed E-state index contributed by atoms with van der Waals surface area (Å²) >= 11 is 0. The highest BCUT2D eigenvalue weighted by Gasteiger charge is 2.22. The summed E-state index contributed by atoms with van der Waals surface area (Å²) < 4.78 is 4.75. The molecule has 23 heavy (non-hydrogen) atoms. The fourth-order valence-corrected chi connectivity index (χ4v) is 2.72. The van der Waals surface area contributed by atoms with Crippen LogP contribution in [0.25, 0.3) is 0 Å². The summed E-state index contributed by atoms with van der Waals surface area (Å²) in [6.45, 7) is 9.19. The van der Waals surface area contributed by atoms with Gasteiger partial charge in [0.1, 0.15) is 6.54 Å². The Kier molecular flexibility index (Phi) is 5.84. The molecule has 2 rings (SSSR count). The molecular weight excluding hydrogens is 294 g/mol. The average molecular weight is 319 g/mol. The van der Waals surface area contributed by atoms with E-state index < -0.39 is 6.09 Å². The number of anilines is 1. The molecule has 1 saturated heterocycles. The molecule has 0 aromatic heterocycles. The van der Waals surface area contributed by atoms with Crippen molar-refractivity contribution in [1.29, 1.82) is 0 Å². The van der Waals surface area contributed by atoms with Gasteiger partial charge in [-0.3, -0.25) is 4.79 Å². The summed E-state index contributed by atoms with van der Waals surface area (Å²) in [6, 6.07) is 6.31. The van der Waals surface area contributed by atoms with Crippen molar-refractivity contribution in [2.45, 2.75) is 20.8 Å². The van der Waals surface area contributed by atoms with Crippen LogP contribution in [0.2, 0.25) is 0 Å². The molecule has 2 amide bonds. The SMILES string of the molecule is CCOC(=O)NCC(=O)N1CCN(c2cccc(C)c2C)CC1. The molecule has 0 radical (unpaired) electrons. The van der Waals surface area contributed by atoms with E-state index in [4.69, 9.17) is 4.74 Å². The number of aryl methyl sites for hydroxylation is 1. The molecule has 1 aliphatic heterocycles. The topological polar surface area (TPSA) is 61.9 Å². The zero-order valence-electron chi connectivity index (χ0n) is 14.1. The minimum atomic E-state index is -0.546. The predicted molar refractivity (Wildman–Crippen MR) is 89.7 cm³/mol. The zero-order chi connectivity index (χ0) is 16.8. The third kappa shape index (κ3) is 4.37. The maximum absolute atomic E-state index is 12.1. The Labute approximate surface area is 137 Å². The lowest BCUT2D eigenvalue weighted by molar-refractivity contribution is -0.130. The molecule has 1 aliphatic rings. The van der Waals surface area contributed by atoms with Crippen LogP contribution in [-0.2, 0) is 9.53 Å². The van der Waals surface area contributed by atoms with E-state index >= 15 is 0 Å². The van der Waals surface area contributed by atoms with Crippen molar-refractivity contribution in [3.63, 3.8) is 0 Å². The molecule has 1 heterocycles. The van der Waals surface area contributed by atoms with Crippen LogP contribution in [0.1, 0.15) is 18.1 Å². The van der Waals surface area contributed by atoms with E-state index in [9.17, 15) is 9.59 Å². The highest BCUT2D eigenvalue weighted by atomic mass is 16.5. The van der Waals surface area contributed by atoms with E-state index in [1.807, 2.05) is 0 Å². The number of nitrogens with one attached hydrogen (secondary N) is 1.